The molecule has 5 nitrogen and oxygen atoms in total. The maximum atomic E-state index is 12.0. The fourth-order valence-electron chi connectivity index (χ4n) is 2.49. The molecule has 2 aromatic carbocycles. The molecule has 0 spiro atoms. The third-order valence-electron chi connectivity index (χ3n) is 3.73. The van der Waals surface area contributed by atoms with Gasteiger partial charge in [-0.2, -0.15) is 0 Å². The normalized spacial score (nSPS) is 10.5. The molecule has 5 heteroatoms. The summed E-state index contributed by atoms with van der Waals surface area (Å²) in [5.41, 5.74) is 2.07. The van der Waals surface area contributed by atoms with Crippen LogP contribution >= 0.6 is 0 Å². The van der Waals surface area contributed by atoms with E-state index >= 15 is 0 Å². The van der Waals surface area contributed by atoms with Gasteiger partial charge in [0.25, 0.3) is 0 Å². The van der Waals surface area contributed by atoms with Crippen LogP contribution in [0.3, 0.4) is 0 Å². The molecule has 0 atom stereocenters. The molecule has 3 rings (SSSR count). The van der Waals surface area contributed by atoms with Gasteiger partial charge in [-0.25, -0.2) is 0 Å². The molecule has 0 aliphatic heterocycles. The maximum Gasteiger partial charge on any atom is 0.224 e. The minimum absolute atomic E-state index is 0.0109. The van der Waals surface area contributed by atoms with E-state index in [1.54, 1.807) is 7.11 Å². The van der Waals surface area contributed by atoms with Crippen molar-refractivity contribution in [2.75, 3.05) is 20.3 Å². The molecule has 0 fully saturated rings. The minimum atomic E-state index is -0.0109. The van der Waals surface area contributed by atoms with E-state index in [1.165, 1.54) is 0 Å². The van der Waals surface area contributed by atoms with Crippen LogP contribution in [-0.4, -0.2) is 31.2 Å². The van der Waals surface area contributed by atoms with E-state index in [9.17, 15) is 4.79 Å². The van der Waals surface area contributed by atoms with E-state index < -0.39 is 0 Å². The quantitative estimate of drug-likeness (QED) is 0.657. The largest absolute Gasteiger partial charge is 0.497 e. The Labute approximate surface area is 140 Å². The molecular formula is C19H20N2O3. The number of hydrogen-bond donors (Lipinski definition) is 2. The molecule has 0 radical (unpaired) electrons. The Balaban J connectivity index is 1.41. The average molecular weight is 324 g/mol. The van der Waals surface area contributed by atoms with Crippen molar-refractivity contribution in [1.29, 1.82) is 0 Å². The molecule has 1 heterocycles. The first kappa shape index (κ1) is 15.9. The van der Waals surface area contributed by atoms with Gasteiger partial charge in [0.2, 0.25) is 5.91 Å². The van der Waals surface area contributed by atoms with Crippen LogP contribution in [0.4, 0.5) is 0 Å². The molecule has 0 unspecified atom stereocenters. The lowest BCUT2D eigenvalue weighted by Crippen LogP contribution is -2.29. The van der Waals surface area contributed by atoms with Gasteiger partial charge in [0.15, 0.2) is 0 Å². The van der Waals surface area contributed by atoms with Crippen LogP contribution in [0.1, 0.15) is 5.56 Å². The molecule has 1 amide bonds. The number of carbonyl (C=O) groups is 1. The first-order chi connectivity index (χ1) is 11.7. The van der Waals surface area contributed by atoms with Crippen molar-refractivity contribution in [3.63, 3.8) is 0 Å². The molecule has 2 N–H and O–H groups in total. The molecule has 0 saturated carbocycles. The molecular weight excluding hydrogens is 304 g/mol. The maximum absolute atomic E-state index is 12.0. The number of methoxy groups -OCH3 is 1. The predicted molar refractivity (Wildman–Crippen MR) is 93.5 cm³/mol. The van der Waals surface area contributed by atoms with E-state index in [0.29, 0.717) is 19.6 Å². The standard InChI is InChI=1S/C19H20N2O3/c1-23-16-3-5-17(6-4-16)24-11-10-21-19(22)13-14-2-7-18-15(12-14)8-9-20-18/h2-9,12,20H,10-11,13H2,1H3,(H,21,22). The zero-order valence-electron chi connectivity index (χ0n) is 13.5. The summed E-state index contributed by atoms with van der Waals surface area (Å²) in [5.74, 6) is 1.53. The Morgan fingerprint density at radius 3 is 2.67 bits per heavy atom. The summed E-state index contributed by atoms with van der Waals surface area (Å²) in [4.78, 5) is 15.1. The Hall–Kier alpha value is -2.95. The van der Waals surface area contributed by atoms with Crippen molar-refractivity contribution in [1.82, 2.24) is 10.3 Å². The summed E-state index contributed by atoms with van der Waals surface area (Å²) in [5, 5.41) is 3.98. The van der Waals surface area contributed by atoms with Crippen molar-refractivity contribution in [2.45, 2.75) is 6.42 Å². The van der Waals surface area contributed by atoms with Crippen molar-refractivity contribution < 1.29 is 14.3 Å². The van der Waals surface area contributed by atoms with Gasteiger partial charge in [0, 0.05) is 11.7 Å². The molecule has 0 bridgehead atoms. The van der Waals surface area contributed by atoms with Gasteiger partial charge in [0.05, 0.1) is 20.1 Å². The van der Waals surface area contributed by atoms with E-state index in [4.69, 9.17) is 9.47 Å². The average Bonchev–Trinajstić information content (AvgIpc) is 3.07. The fourth-order valence-corrected chi connectivity index (χ4v) is 2.49. The minimum Gasteiger partial charge on any atom is -0.497 e. The van der Waals surface area contributed by atoms with Gasteiger partial charge in [-0.15, -0.1) is 0 Å². The molecule has 3 aromatic rings. The summed E-state index contributed by atoms with van der Waals surface area (Å²) in [6.07, 6.45) is 2.26. The molecule has 0 saturated heterocycles. The number of aromatic nitrogens is 1. The van der Waals surface area contributed by atoms with Crippen molar-refractivity contribution in [3.8, 4) is 11.5 Å². The molecule has 0 aliphatic rings. The van der Waals surface area contributed by atoms with Gasteiger partial charge in [-0.05, 0) is 53.4 Å². The SMILES string of the molecule is COc1ccc(OCCNC(=O)Cc2ccc3[nH]ccc3c2)cc1. The number of amides is 1. The van der Waals surface area contributed by atoms with E-state index in [2.05, 4.69) is 10.3 Å². The Bertz CT molecular complexity index is 809. The summed E-state index contributed by atoms with van der Waals surface area (Å²) in [7, 11) is 1.62. The highest BCUT2D eigenvalue weighted by Crippen LogP contribution is 2.17. The first-order valence-corrected chi connectivity index (χ1v) is 7.84. The Morgan fingerprint density at radius 2 is 1.88 bits per heavy atom. The summed E-state index contributed by atoms with van der Waals surface area (Å²) < 4.78 is 10.7. The lowest BCUT2D eigenvalue weighted by Gasteiger charge is -2.08. The van der Waals surface area contributed by atoms with Gasteiger partial charge in [-0.1, -0.05) is 6.07 Å². The Morgan fingerprint density at radius 1 is 1.08 bits per heavy atom. The Kier molecular flexibility index (Phi) is 5.01. The lowest BCUT2D eigenvalue weighted by atomic mass is 10.1. The number of ether oxygens (including phenoxy) is 2. The van der Waals surface area contributed by atoms with Gasteiger partial charge in [0.1, 0.15) is 18.1 Å². The molecule has 1 aromatic heterocycles. The van der Waals surface area contributed by atoms with Crippen LogP contribution in [0.25, 0.3) is 10.9 Å². The van der Waals surface area contributed by atoms with Crippen molar-refractivity contribution in [3.05, 3.63) is 60.3 Å². The van der Waals surface area contributed by atoms with Crippen molar-refractivity contribution >= 4 is 16.8 Å². The van der Waals surface area contributed by atoms with E-state index in [1.807, 2.05) is 54.7 Å². The lowest BCUT2D eigenvalue weighted by molar-refractivity contribution is -0.120. The predicted octanol–water partition coefficient (Wildman–Crippen LogP) is 2.91. The zero-order chi connectivity index (χ0) is 16.8. The van der Waals surface area contributed by atoms with Crippen LogP contribution in [0, 0.1) is 0 Å². The first-order valence-electron chi connectivity index (χ1n) is 7.84. The highest BCUT2D eigenvalue weighted by atomic mass is 16.5. The number of nitrogens with one attached hydrogen (secondary N) is 2. The van der Waals surface area contributed by atoms with Crippen LogP contribution < -0.4 is 14.8 Å². The van der Waals surface area contributed by atoms with E-state index in [0.717, 1.165) is 28.0 Å². The number of fused-ring (bicyclic) bond motifs is 1. The number of hydrogen-bond acceptors (Lipinski definition) is 3. The van der Waals surface area contributed by atoms with Crippen LogP contribution in [0.2, 0.25) is 0 Å². The smallest absolute Gasteiger partial charge is 0.224 e. The van der Waals surface area contributed by atoms with Crippen molar-refractivity contribution in [2.24, 2.45) is 0 Å². The molecule has 24 heavy (non-hydrogen) atoms. The van der Waals surface area contributed by atoms with Crippen LogP contribution in [0.15, 0.2) is 54.7 Å². The molecule has 124 valence electrons. The molecule has 0 aliphatic carbocycles. The second-order valence-corrected chi connectivity index (χ2v) is 5.45. The van der Waals surface area contributed by atoms with Gasteiger partial charge >= 0.3 is 0 Å². The number of aromatic amines is 1. The second kappa shape index (κ2) is 7.55. The van der Waals surface area contributed by atoms with E-state index in [-0.39, 0.29) is 5.91 Å². The third kappa shape index (κ3) is 4.07. The number of carbonyl (C=O) groups excluding carboxylic acids is 1. The monoisotopic (exact) mass is 324 g/mol. The van der Waals surface area contributed by atoms with Gasteiger partial charge < -0.3 is 19.8 Å². The summed E-state index contributed by atoms with van der Waals surface area (Å²) in [6, 6.07) is 15.3. The fraction of sp³-hybridized carbons (Fsp3) is 0.211. The number of benzene rings is 2. The highest BCUT2D eigenvalue weighted by Gasteiger charge is 2.04. The number of H-pyrrole nitrogens is 1. The van der Waals surface area contributed by atoms with Crippen LogP contribution in [0.5, 0.6) is 11.5 Å². The number of rotatable bonds is 7. The summed E-state index contributed by atoms with van der Waals surface area (Å²) in [6.45, 7) is 0.895. The third-order valence-corrected chi connectivity index (χ3v) is 3.73. The second-order valence-electron chi connectivity index (χ2n) is 5.45. The highest BCUT2D eigenvalue weighted by molar-refractivity contribution is 5.83. The topological polar surface area (TPSA) is 63.4 Å². The summed E-state index contributed by atoms with van der Waals surface area (Å²) >= 11 is 0. The zero-order valence-corrected chi connectivity index (χ0v) is 13.5. The van der Waals surface area contributed by atoms with Gasteiger partial charge in [-0.3, -0.25) is 4.79 Å². The van der Waals surface area contributed by atoms with Crippen LogP contribution in [-0.2, 0) is 11.2 Å².